The molecule has 4 nitrogen and oxygen atoms in total. The van der Waals surface area contributed by atoms with Gasteiger partial charge in [-0.1, -0.05) is 46.9 Å². The van der Waals surface area contributed by atoms with E-state index in [0.717, 1.165) is 4.90 Å². The van der Waals surface area contributed by atoms with Crippen molar-refractivity contribution in [3.05, 3.63) is 65.2 Å². The van der Waals surface area contributed by atoms with Crippen molar-refractivity contribution < 1.29 is 27.5 Å². The molecule has 8 heteroatoms. The minimum Gasteiger partial charge on any atom is -0.283 e. The standard InChI is InChI=1S/C17H11F3INO3/c18-17(19,20)25-14(9-21)10-5-7-11(8-6-10)22-15(23)12-3-1-2-4-13(12)16(22)24/h1-8,14H,9H2. The lowest BCUT2D eigenvalue weighted by molar-refractivity contribution is -0.341. The summed E-state index contributed by atoms with van der Waals surface area (Å²) >= 11 is 1.80. The first kappa shape index (κ1) is 17.9. The highest BCUT2D eigenvalue weighted by Crippen LogP contribution is 2.32. The minimum absolute atomic E-state index is 0.101. The van der Waals surface area contributed by atoms with E-state index in [1.165, 1.54) is 24.3 Å². The molecule has 0 aliphatic carbocycles. The molecular formula is C17H11F3INO3. The van der Waals surface area contributed by atoms with Gasteiger partial charge in [0.15, 0.2) is 0 Å². The van der Waals surface area contributed by atoms with Gasteiger partial charge in [-0.25, -0.2) is 4.90 Å². The highest BCUT2D eigenvalue weighted by atomic mass is 127. The van der Waals surface area contributed by atoms with Crippen LogP contribution in [0.25, 0.3) is 0 Å². The van der Waals surface area contributed by atoms with Crippen LogP contribution in [0.4, 0.5) is 18.9 Å². The van der Waals surface area contributed by atoms with Gasteiger partial charge >= 0.3 is 6.36 Å². The van der Waals surface area contributed by atoms with Crippen LogP contribution >= 0.6 is 22.6 Å². The molecule has 0 spiro atoms. The highest BCUT2D eigenvalue weighted by Gasteiger charge is 2.37. The quantitative estimate of drug-likeness (QED) is 0.383. The van der Waals surface area contributed by atoms with Gasteiger partial charge in [0, 0.05) is 4.43 Å². The summed E-state index contributed by atoms with van der Waals surface area (Å²) in [6, 6.07) is 12.2. The summed E-state index contributed by atoms with van der Waals surface area (Å²) in [5, 5.41) is 0. The molecule has 0 aromatic heterocycles. The van der Waals surface area contributed by atoms with Crippen molar-refractivity contribution in [1.82, 2.24) is 0 Å². The number of anilines is 1. The molecule has 1 atom stereocenters. The average molecular weight is 461 g/mol. The van der Waals surface area contributed by atoms with Crippen molar-refractivity contribution in [3.63, 3.8) is 0 Å². The molecule has 0 saturated carbocycles. The normalized spacial score (nSPS) is 15.4. The fourth-order valence-corrected chi connectivity index (χ4v) is 3.30. The highest BCUT2D eigenvalue weighted by molar-refractivity contribution is 14.1. The van der Waals surface area contributed by atoms with Gasteiger partial charge in [-0.05, 0) is 29.8 Å². The van der Waals surface area contributed by atoms with Gasteiger partial charge in [0.1, 0.15) is 6.10 Å². The van der Waals surface area contributed by atoms with E-state index in [-0.39, 0.29) is 4.43 Å². The van der Waals surface area contributed by atoms with Crippen molar-refractivity contribution in [2.24, 2.45) is 0 Å². The smallest absolute Gasteiger partial charge is 0.283 e. The number of carbonyl (C=O) groups is 2. The summed E-state index contributed by atoms with van der Waals surface area (Å²) in [5.41, 5.74) is 1.23. The van der Waals surface area contributed by atoms with Gasteiger partial charge in [-0.2, -0.15) is 0 Å². The SMILES string of the molecule is O=C1c2ccccc2C(=O)N1c1ccc(C(CI)OC(F)(F)F)cc1. The molecule has 25 heavy (non-hydrogen) atoms. The molecule has 2 amide bonds. The Bertz CT molecular complexity index is 786. The molecule has 0 fully saturated rings. The van der Waals surface area contributed by atoms with Gasteiger partial charge in [0.25, 0.3) is 11.8 Å². The number of carbonyl (C=O) groups excluding carboxylic acids is 2. The molecule has 0 radical (unpaired) electrons. The van der Waals surface area contributed by atoms with Crippen LogP contribution in [0.1, 0.15) is 32.4 Å². The van der Waals surface area contributed by atoms with Crippen LogP contribution in [0.3, 0.4) is 0 Å². The minimum atomic E-state index is -4.74. The Morgan fingerprint density at radius 3 is 1.92 bits per heavy atom. The summed E-state index contributed by atoms with van der Waals surface area (Å²) < 4.78 is 41.5. The predicted octanol–water partition coefficient (Wildman–Crippen LogP) is 4.50. The van der Waals surface area contributed by atoms with Crippen LogP contribution < -0.4 is 4.90 Å². The first-order chi connectivity index (χ1) is 11.8. The summed E-state index contributed by atoms with van der Waals surface area (Å²) in [7, 11) is 0. The molecule has 130 valence electrons. The summed E-state index contributed by atoms with van der Waals surface area (Å²) in [6.45, 7) is 0. The van der Waals surface area contributed by atoms with Crippen molar-refractivity contribution >= 4 is 40.1 Å². The Kier molecular flexibility index (Phi) is 4.83. The van der Waals surface area contributed by atoms with Gasteiger partial charge in [0.2, 0.25) is 0 Å². The zero-order valence-electron chi connectivity index (χ0n) is 12.6. The molecule has 2 aromatic carbocycles. The topological polar surface area (TPSA) is 46.6 Å². The summed E-state index contributed by atoms with van der Waals surface area (Å²) in [4.78, 5) is 25.8. The van der Waals surface area contributed by atoms with Gasteiger partial charge in [0.05, 0.1) is 16.8 Å². The fraction of sp³-hybridized carbons (Fsp3) is 0.176. The Morgan fingerprint density at radius 2 is 1.48 bits per heavy atom. The number of hydrogen-bond donors (Lipinski definition) is 0. The zero-order valence-corrected chi connectivity index (χ0v) is 14.7. The Morgan fingerprint density at radius 1 is 0.960 bits per heavy atom. The summed E-state index contributed by atoms with van der Waals surface area (Å²) in [5.74, 6) is -0.907. The number of benzene rings is 2. The van der Waals surface area contributed by atoms with Crippen LogP contribution in [0.2, 0.25) is 0 Å². The van der Waals surface area contributed by atoms with E-state index in [9.17, 15) is 22.8 Å². The van der Waals surface area contributed by atoms with Crippen LogP contribution in [0.5, 0.6) is 0 Å². The van der Waals surface area contributed by atoms with Crippen molar-refractivity contribution in [1.29, 1.82) is 0 Å². The van der Waals surface area contributed by atoms with Crippen molar-refractivity contribution in [2.45, 2.75) is 12.5 Å². The third kappa shape index (κ3) is 3.54. The van der Waals surface area contributed by atoms with E-state index in [0.29, 0.717) is 22.4 Å². The lowest BCUT2D eigenvalue weighted by Gasteiger charge is -2.19. The van der Waals surface area contributed by atoms with Gasteiger partial charge in [-0.15, -0.1) is 13.2 Å². The first-order valence-electron chi connectivity index (χ1n) is 7.20. The summed E-state index contributed by atoms with van der Waals surface area (Å²) in [6.07, 6.45) is -5.89. The third-order valence-corrected chi connectivity index (χ3v) is 4.53. The Labute approximate surface area is 154 Å². The number of amides is 2. The number of nitrogens with zero attached hydrogens (tertiary/aromatic N) is 1. The van der Waals surface area contributed by atoms with E-state index in [2.05, 4.69) is 4.74 Å². The average Bonchev–Trinajstić information content (AvgIpc) is 2.84. The molecule has 0 saturated heterocycles. The maximum Gasteiger partial charge on any atom is 0.523 e. The molecule has 2 aromatic rings. The maximum absolute atomic E-state index is 12.4. The lowest BCUT2D eigenvalue weighted by Crippen LogP contribution is -2.29. The van der Waals surface area contributed by atoms with Crippen LogP contribution in [0.15, 0.2) is 48.5 Å². The second kappa shape index (κ2) is 6.75. The number of hydrogen-bond acceptors (Lipinski definition) is 3. The first-order valence-corrected chi connectivity index (χ1v) is 8.72. The zero-order chi connectivity index (χ0) is 18.2. The van der Waals surface area contributed by atoms with Crippen LogP contribution in [0, 0.1) is 0 Å². The number of imide groups is 1. The van der Waals surface area contributed by atoms with Gasteiger partial charge < -0.3 is 0 Å². The molecule has 1 heterocycles. The molecule has 1 unspecified atom stereocenters. The van der Waals surface area contributed by atoms with E-state index >= 15 is 0 Å². The van der Waals surface area contributed by atoms with Crippen LogP contribution in [-0.4, -0.2) is 22.6 Å². The Balaban J connectivity index is 1.86. The molecule has 0 bridgehead atoms. The number of rotatable bonds is 4. The molecule has 1 aliphatic heterocycles. The molecule has 3 rings (SSSR count). The molecule has 1 aliphatic rings. The van der Waals surface area contributed by atoms with E-state index in [1.807, 2.05) is 0 Å². The second-order valence-corrected chi connectivity index (χ2v) is 6.17. The number of halogens is 4. The van der Waals surface area contributed by atoms with Crippen LogP contribution in [-0.2, 0) is 4.74 Å². The second-order valence-electron chi connectivity index (χ2n) is 5.29. The monoisotopic (exact) mass is 461 g/mol. The fourth-order valence-electron chi connectivity index (χ4n) is 2.61. The van der Waals surface area contributed by atoms with E-state index < -0.39 is 24.3 Å². The van der Waals surface area contributed by atoms with Crippen molar-refractivity contribution in [3.8, 4) is 0 Å². The molecular weight excluding hydrogens is 450 g/mol. The maximum atomic E-state index is 12.4. The van der Waals surface area contributed by atoms with Crippen molar-refractivity contribution in [2.75, 3.05) is 9.33 Å². The van der Waals surface area contributed by atoms with Gasteiger partial charge in [-0.3, -0.25) is 14.3 Å². The van der Waals surface area contributed by atoms with E-state index in [4.69, 9.17) is 0 Å². The number of ether oxygens (including phenoxy) is 1. The predicted molar refractivity (Wildman–Crippen MR) is 92.8 cm³/mol. The van der Waals surface area contributed by atoms with E-state index in [1.54, 1.807) is 46.9 Å². The largest absolute Gasteiger partial charge is 0.523 e. The number of alkyl halides is 4. The number of fused-ring (bicyclic) bond motifs is 1. The Hall–Kier alpha value is -1.94. The third-order valence-electron chi connectivity index (χ3n) is 3.73. The lowest BCUT2D eigenvalue weighted by atomic mass is 10.1. The molecule has 0 N–H and O–H groups in total.